The van der Waals surface area contributed by atoms with Crippen LogP contribution in [0.3, 0.4) is 0 Å². The van der Waals surface area contributed by atoms with Crippen molar-refractivity contribution in [3.8, 4) is 5.69 Å². The Labute approximate surface area is 151 Å². The molecule has 0 unspecified atom stereocenters. The van der Waals surface area contributed by atoms with E-state index >= 15 is 0 Å². The van der Waals surface area contributed by atoms with E-state index in [2.05, 4.69) is 5.10 Å². The van der Waals surface area contributed by atoms with Gasteiger partial charge in [0, 0.05) is 19.2 Å². The second kappa shape index (κ2) is 7.36. The van der Waals surface area contributed by atoms with E-state index in [1.807, 2.05) is 36.4 Å². The Balaban J connectivity index is 2.06. The van der Waals surface area contributed by atoms with Crippen molar-refractivity contribution in [2.45, 2.75) is 17.9 Å². The van der Waals surface area contributed by atoms with Crippen LogP contribution in [0.25, 0.3) is 5.69 Å². The van der Waals surface area contributed by atoms with Gasteiger partial charge in [-0.25, -0.2) is 22.6 Å². The van der Waals surface area contributed by atoms with E-state index in [0.717, 1.165) is 17.3 Å². The lowest BCUT2D eigenvalue weighted by Crippen LogP contribution is -2.13. The van der Waals surface area contributed by atoms with Crippen molar-refractivity contribution in [2.75, 3.05) is 7.11 Å². The molecule has 26 heavy (non-hydrogen) atoms. The molecule has 0 amide bonds. The molecule has 0 fully saturated rings. The minimum Gasteiger partial charge on any atom is -0.378 e. The largest absolute Gasteiger partial charge is 0.378 e. The third kappa shape index (κ3) is 3.98. The summed E-state index contributed by atoms with van der Waals surface area (Å²) >= 11 is 0. The summed E-state index contributed by atoms with van der Waals surface area (Å²) in [6, 6.07) is 15.1. The van der Waals surface area contributed by atoms with Gasteiger partial charge in [0.15, 0.2) is 0 Å². The van der Waals surface area contributed by atoms with Crippen molar-refractivity contribution in [3.63, 3.8) is 0 Å². The van der Waals surface area contributed by atoms with Crippen molar-refractivity contribution >= 4 is 10.0 Å². The molecule has 0 aliphatic rings. The van der Waals surface area contributed by atoms with Crippen molar-refractivity contribution < 1.29 is 17.5 Å². The number of rotatable bonds is 6. The van der Waals surface area contributed by atoms with Gasteiger partial charge in [-0.15, -0.1) is 0 Å². The Morgan fingerprint density at radius 3 is 2.50 bits per heavy atom. The highest BCUT2D eigenvalue weighted by Gasteiger charge is 2.17. The number of benzene rings is 2. The lowest BCUT2D eigenvalue weighted by atomic mass is 10.1. The van der Waals surface area contributed by atoms with Gasteiger partial charge >= 0.3 is 0 Å². The van der Waals surface area contributed by atoms with Gasteiger partial charge in [0.25, 0.3) is 0 Å². The van der Waals surface area contributed by atoms with E-state index in [1.165, 1.54) is 16.8 Å². The minimum absolute atomic E-state index is 0.144. The molecule has 0 saturated heterocycles. The number of halogens is 1. The van der Waals surface area contributed by atoms with Gasteiger partial charge in [0.2, 0.25) is 10.0 Å². The molecule has 136 valence electrons. The number of hydrogen-bond donors (Lipinski definition) is 1. The molecular weight excluding hydrogens is 357 g/mol. The maximum Gasteiger partial charge on any atom is 0.238 e. The van der Waals surface area contributed by atoms with Gasteiger partial charge in [-0.1, -0.05) is 30.3 Å². The third-order valence-electron chi connectivity index (χ3n) is 3.83. The summed E-state index contributed by atoms with van der Waals surface area (Å²) < 4.78 is 43.9. The van der Waals surface area contributed by atoms with E-state index < -0.39 is 15.8 Å². The van der Waals surface area contributed by atoms with Crippen LogP contribution in [0.2, 0.25) is 0 Å². The zero-order valence-corrected chi connectivity index (χ0v) is 14.9. The summed E-state index contributed by atoms with van der Waals surface area (Å²) in [7, 11) is -2.42. The molecule has 0 aliphatic heterocycles. The number of nitrogens with zero attached hydrogens (tertiary/aromatic N) is 2. The highest BCUT2D eigenvalue weighted by atomic mass is 32.2. The van der Waals surface area contributed by atoms with Crippen LogP contribution in [-0.4, -0.2) is 25.3 Å². The van der Waals surface area contributed by atoms with E-state index in [9.17, 15) is 12.8 Å². The van der Waals surface area contributed by atoms with Crippen LogP contribution in [0, 0.1) is 5.82 Å². The predicted molar refractivity (Wildman–Crippen MR) is 94.9 cm³/mol. The van der Waals surface area contributed by atoms with Gasteiger partial charge in [-0.2, -0.15) is 5.10 Å². The number of methoxy groups -OCH3 is 1. The first-order valence-corrected chi connectivity index (χ1v) is 9.36. The molecule has 2 N–H and O–H groups in total. The van der Waals surface area contributed by atoms with Gasteiger partial charge in [0.1, 0.15) is 11.5 Å². The van der Waals surface area contributed by atoms with Crippen LogP contribution in [0.4, 0.5) is 4.39 Å². The zero-order chi connectivity index (χ0) is 18.7. The quantitative estimate of drug-likeness (QED) is 0.717. The lowest BCUT2D eigenvalue weighted by molar-refractivity contribution is 0.181. The minimum atomic E-state index is -3.98. The van der Waals surface area contributed by atoms with Crippen molar-refractivity contribution in [3.05, 3.63) is 77.4 Å². The van der Waals surface area contributed by atoms with Crippen LogP contribution in [0.5, 0.6) is 0 Å². The highest BCUT2D eigenvalue weighted by Crippen LogP contribution is 2.21. The molecule has 0 spiro atoms. The first kappa shape index (κ1) is 18.2. The molecule has 0 aliphatic carbocycles. The fourth-order valence-corrected chi connectivity index (χ4v) is 3.19. The standard InChI is InChI=1S/C18H18FN3O3S/c1-25-12-14-10-15(9-13-5-3-2-4-6-13)22(21-14)18-8-7-16(11-17(18)19)26(20,23)24/h2-8,10-11H,9,12H2,1H3,(H2,20,23,24). The number of hydrogen-bond acceptors (Lipinski definition) is 4. The molecular formula is C18H18FN3O3S. The number of primary sulfonamides is 1. The monoisotopic (exact) mass is 375 g/mol. The molecule has 8 heteroatoms. The van der Waals surface area contributed by atoms with Crippen LogP contribution < -0.4 is 5.14 Å². The van der Waals surface area contributed by atoms with Crippen LogP contribution in [0.1, 0.15) is 17.0 Å². The number of ether oxygens (including phenoxy) is 1. The Hall–Kier alpha value is -2.55. The van der Waals surface area contributed by atoms with Gasteiger partial charge < -0.3 is 4.74 Å². The van der Waals surface area contributed by atoms with Gasteiger partial charge in [0.05, 0.1) is 17.2 Å². The molecule has 3 aromatic rings. The maximum absolute atomic E-state index is 14.6. The average molecular weight is 375 g/mol. The number of nitrogens with two attached hydrogens (primary N) is 1. The Bertz CT molecular complexity index is 1020. The predicted octanol–water partition coefficient (Wildman–Crippen LogP) is 2.40. The molecule has 0 bridgehead atoms. The molecule has 2 aromatic carbocycles. The summed E-state index contributed by atoms with van der Waals surface area (Å²) in [5.74, 6) is -0.724. The second-order valence-corrected chi connectivity index (χ2v) is 7.35. The summed E-state index contributed by atoms with van der Waals surface area (Å²) in [6.07, 6.45) is 0.536. The highest BCUT2D eigenvalue weighted by molar-refractivity contribution is 7.89. The lowest BCUT2D eigenvalue weighted by Gasteiger charge is -2.10. The first-order valence-electron chi connectivity index (χ1n) is 7.82. The van der Waals surface area contributed by atoms with Crippen LogP contribution >= 0.6 is 0 Å². The molecule has 1 aromatic heterocycles. The first-order chi connectivity index (χ1) is 12.4. The van der Waals surface area contributed by atoms with Crippen LogP contribution in [0.15, 0.2) is 59.5 Å². The molecule has 0 atom stereocenters. The average Bonchev–Trinajstić information content (AvgIpc) is 2.97. The Morgan fingerprint density at radius 1 is 1.15 bits per heavy atom. The SMILES string of the molecule is COCc1cc(Cc2ccccc2)n(-c2ccc(S(N)(=O)=O)cc2F)n1. The molecule has 0 saturated carbocycles. The van der Waals surface area contributed by atoms with Crippen molar-refractivity contribution in [1.29, 1.82) is 0 Å². The van der Waals surface area contributed by atoms with E-state index in [4.69, 9.17) is 9.88 Å². The summed E-state index contributed by atoms with van der Waals surface area (Å²) in [6.45, 7) is 0.283. The fraction of sp³-hybridized carbons (Fsp3) is 0.167. The van der Waals surface area contributed by atoms with E-state index in [0.29, 0.717) is 12.1 Å². The van der Waals surface area contributed by atoms with Crippen molar-refractivity contribution in [2.24, 2.45) is 5.14 Å². The van der Waals surface area contributed by atoms with Gasteiger partial charge in [-0.3, -0.25) is 0 Å². The molecule has 6 nitrogen and oxygen atoms in total. The summed E-state index contributed by atoms with van der Waals surface area (Å²) in [4.78, 5) is -0.285. The fourth-order valence-electron chi connectivity index (χ4n) is 2.67. The summed E-state index contributed by atoms with van der Waals surface area (Å²) in [5, 5.41) is 9.45. The van der Waals surface area contributed by atoms with E-state index in [-0.39, 0.29) is 17.2 Å². The topological polar surface area (TPSA) is 87.2 Å². The van der Waals surface area contributed by atoms with Gasteiger partial charge in [-0.05, 0) is 29.8 Å². The van der Waals surface area contributed by atoms with E-state index in [1.54, 1.807) is 7.11 Å². The number of sulfonamides is 1. The molecule has 0 radical (unpaired) electrons. The molecule has 3 rings (SSSR count). The Kier molecular flexibility index (Phi) is 5.17. The normalized spacial score (nSPS) is 11.7. The smallest absolute Gasteiger partial charge is 0.238 e. The molecule has 1 heterocycles. The van der Waals surface area contributed by atoms with Crippen LogP contribution in [-0.2, 0) is 27.8 Å². The number of aromatic nitrogens is 2. The third-order valence-corrected chi connectivity index (χ3v) is 4.74. The zero-order valence-electron chi connectivity index (χ0n) is 14.1. The Morgan fingerprint density at radius 2 is 1.88 bits per heavy atom. The van der Waals surface area contributed by atoms with Crippen molar-refractivity contribution in [1.82, 2.24) is 9.78 Å². The second-order valence-electron chi connectivity index (χ2n) is 5.79. The maximum atomic E-state index is 14.6. The summed E-state index contributed by atoms with van der Waals surface area (Å²) in [5.41, 5.74) is 2.59.